The molecule has 0 heterocycles. The van der Waals surface area contributed by atoms with E-state index >= 15 is 0 Å². The molecule has 2 aromatic carbocycles. The summed E-state index contributed by atoms with van der Waals surface area (Å²) < 4.78 is 0. The van der Waals surface area contributed by atoms with Crippen LogP contribution in [0.15, 0.2) is 60.7 Å². The van der Waals surface area contributed by atoms with Gasteiger partial charge in [-0.1, -0.05) is 60.7 Å². The normalized spacial score (nSPS) is 11.7. The fourth-order valence-corrected chi connectivity index (χ4v) is 2.06. The van der Waals surface area contributed by atoms with Crippen LogP contribution < -0.4 is 5.32 Å². The third-order valence-corrected chi connectivity index (χ3v) is 3.05. The Hall–Kier alpha value is -2.42. The van der Waals surface area contributed by atoms with Gasteiger partial charge in [0.25, 0.3) is 0 Å². The molecule has 2 aromatic rings. The van der Waals surface area contributed by atoms with Crippen molar-refractivity contribution in [3.8, 4) is 0 Å². The summed E-state index contributed by atoms with van der Waals surface area (Å²) in [5, 5.41) is 2.79. The molecule has 1 unspecified atom stereocenters. The Morgan fingerprint density at radius 2 is 1.50 bits per heavy atom. The number of hydrogen-bond acceptors (Lipinski definition) is 2. The zero-order chi connectivity index (χ0) is 14.4. The highest BCUT2D eigenvalue weighted by Crippen LogP contribution is 2.13. The van der Waals surface area contributed by atoms with Gasteiger partial charge in [-0.3, -0.25) is 9.59 Å². The molecule has 1 N–H and O–H groups in total. The third kappa shape index (κ3) is 3.79. The van der Waals surface area contributed by atoms with Crippen LogP contribution in [0.2, 0.25) is 0 Å². The van der Waals surface area contributed by atoms with Crippen LogP contribution in [0, 0.1) is 0 Å². The second-order valence-corrected chi connectivity index (χ2v) is 4.68. The number of amides is 1. The summed E-state index contributed by atoms with van der Waals surface area (Å²) in [7, 11) is 0. The molecular weight excluding hydrogens is 250 g/mol. The van der Waals surface area contributed by atoms with Crippen molar-refractivity contribution in [2.45, 2.75) is 19.4 Å². The lowest BCUT2D eigenvalue weighted by Crippen LogP contribution is -2.33. The standard InChI is InChI=1S/C17H17NO2/c1-13(19)17(15-10-6-3-7-11-15)18-16(20)12-14-8-4-2-5-9-14/h2-11,17H,12H2,1H3,(H,18,20). The van der Waals surface area contributed by atoms with E-state index in [0.717, 1.165) is 11.1 Å². The maximum absolute atomic E-state index is 12.0. The monoisotopic (exact) mass is 267 g/mol. The summed E-state index contributed by atoms with van der Waals surface area (Å²) in [5.74, 6) is -0.224. The summed E-state index contributed by atoms with van der Waals surface area (Å²) in [6.45, 7) is 1.49. The van der Waals surface area contributed by atoms with Crippen LogP contribution in [0.25, 0.3) is 0 Å². The molecule has 20 heavy (non-hydrogen) atoms. The van der Waals surface area contributed by atoms with Gasteiger partial charge in [0.1, 0.15) is 6.04 Å². The fourth-order valence-electron chi connectivity index (χ4n) is 2.06. The molecule has 3 heteroatoms. The quantitative estimate of drug-likeness (QED) is 0.905. The molecule has 3 nitrogen and oxygen atoms in total. The number of ketones is 1. The Balaban J connectivity index is 2.06. The van der Waals surface area contributed by atoms with Crippen LogP contribution >= 0.6 is 0 Å². The average Bonchev–Trinajstić information content (AvgIpc) is 2.46. The molecule has 1 amide bonds. The van der Waals surface area contributed by atoms with Crippen molar-refractivity contribution in [2.75, 3.05) is 0 Å². The second kappa shape index (κ2) is 6.66. The van der Waals surface area contributed by atoms with Gasteiger partial charge in [-0.05, 0) is 18.1 Å². The molecule has 0 bridgehead atoms. The molecule has 0 saturated heterocycles. The van der Waals surface area contributed by atoms with Gasteiger partial charge in [0.05, 0.1) is 6.42 Å². The summed E-state index contributed by atoms with van der Waals surface area (Å²) in [6, 6.07) is 18.2. The topological polar surface area (TPSA) is 46.2 Å². The first-order valence-corrected chi connectivity index (χ1v) is 6.55. The maximum atomic E-state index is 12.0. The molecule has 0 radical (unpaired) electrons. The van der Waals surface area contributed by atoms with Gasteiger partial charge in [-0.2, -0.15) is 0 Å². The minimum atomic E-state index is -0.576. The molecule has 0 aliphatic carbocycles. The maximum Gasteiger partial charge on any atom is 0.225 e. The number of benzene rings is 2. The average molecular weight is 267 g/mol. The molecule has 0 fully saturated rings. The number of carbonyl (C=O) groups is 2. The van der Waals surface area contributed by atoms with Gasteiger partial charge in [0.15, 0.2) is 5.78 Å². The van der Waals surface area contributed by atoms with Crippen molar-refractivity contribution in [1.82, 2.24) is 5.32 Å². The van der Waals surface area contributed by atoms with Gasteiger partial charge < -0.3 is 5.32 Å². The van der Waals surface area contributed by atoms with Crippen molar-refractivity contribution in [1.29, 1.82) is 0 Å². The summed E-state index contributed by atoms with van der Waals surface area (Å²) in [4.78, 5) is 23.8. The summed E-state index contributed by atoms with van der Waals surface area (Å²) >= 11 is 0. The second-order valence-electron chi connectivity index (χ2n) is 4.68. The van der Waals surface area contributed by atoms with Crippen LogP contribution in [-0.4, -0.2) is 11.7 Å². The highest BCUT2D eigenvalue weighted by molar-refractivity contribution is 5.89. The molecular formula is C17H17NO2. The Bertz CT molecular complexity index is 578. The van der Waals surface area contributed by atoms with E-state index in [1.165, 1.54) is 6.92 Å². The number of hydrogen-bond donors (Lipinski definition) is 1. The predicted octanol–water partition coefficient (Wildman–Crippen LogP) is 2.68. The van der Waals surface area contributed by atoms with E-state index in [4.69, 9.17) is 0 Å². The van der Waals surface area contributed by atoms with Gasteiger partial charge in [0, 0.05) is 0 Å². The van der Waals surface area contributed by atoms with Gasteiger partial charge >= 0.3 is 0 Å². The zero-order valence-corrected chi connectivity index (χ0v) is 11.4. The van der Waals surface area contributed by atoms with Gasteiger partial charge in [-0.25, -0.2) is 0 Å². The van der Waals surface area contributed by atoms with Crippen LogP contribution in [-0.2, 0) is 16.0 Å². The van der Waals surface area contributed by atoms with E-state index in [1.807, 2.05) is 60.7 Å². The van der Waals surface area contributed by atoms with E-state index in [0.29, 0.717) is 0 Å². The number of carbonyl (C=O) groups excluding carboxylic acids is 2. The van der Waals surface area contributed by atoms with Crippen molar-refractivity contribution in [3.63, 3.8) is 0 Å². The molecule has 102 valence electrons. The summed E-state index contributed by atoms with van der Waals surface area (Å²) in [6.07, 6.45) is 0.275. The lowest BCUT2D eigenvalue weighted by molar-refractivity contribution is -0.126. The Morgan fingerprint density at radius 1 is 0.950 bits per heavy atom. The van der Waals surface area contributed by atoms with Crippen molar-refractivity contribution in [3.05, 3.63) is 71.8 Å². The van der Waals surface area contributed by atoms with E-state index < -0.39 is 6.04 Å². The van der Waals surface area contributed by atoms with Crippen LogP contribution in [0.3, 0.4) is 0 Å². The number of nitrogens with one attached hydrogen (secondary N) is 1. The van der Waals surface area contributed by atoms with Crippen molar-refractivity contribution in [2.24, 2.45) is 0 Å². The lowest BCUT2D eigenvalue weighted by atomic mass is 10.0. The summed E-state index contributed by atoms with van der Waals surface area (Å²) in [5.41, 5.74) is 1.74. The van der Waals surface area contributed by atoms with Gasteiger partial charge in [0.2, 0.25) is 5.91 Å². The van der Waals surface area contributed by atoms with E-state index in [1.54, 1.807) is 0 Å². The highest BCUT2D eigenvalue weighted by atomic mass is 16.2. The smallest absolute Gasteiger partial charge is 0.225 e. The van der Waals surface area contributed by atoms with E-state index in [9.17, 15) is 9.59 Å². The first-order valence-electron chi connectivity index (χ1n) is 6.55. The van der Waals surface area contributed by atoms with Crippen LogP contribution in [0.1, 0.15) is 24.1 Å². The van der Waals surface area contributed by atoms with E-state index in [2.05, 4.69) is 5.32 Å². The number of Topliss-reactive ketones (excluding diaryl/α,β-unsaturated/α-hetero) is 1. The van der Waals surface area contributed by atoms with Gasteiger partial charge in [-0.15, -0.1) is 0 Å². The molecule has 0 aromatic heterocycles. The van der Waals surface area contributed by atoms with Crippen molar-refractivity contribution < 1.29 is 9.59 Å². The molecule has 0 saturated carbocycles. The SMILES string of the molecule is CC(=O)C(NC(=O)Cc1ccccc1)c1ccccc1. The molecule has 0 spiro atoms. The molecule has 0 aliphatic rings. The molecule has 1 atom stereocenters. The number of rotatable bonds is 5. The molecule has 0 aliphatic heterocycles. The first kappa shape index (κ1) is 14.0. The molecule has 2 rings (SSSR count). The minimum Gasteiger partial charge on any atom is -0.342 e. The lowest BCUT2D eigenvalue weighted by Gasteiger charge is -2.16. The largest absolute Gasteiger partial charge is 0.342 e. The van der Waals surface area contributed by atoms with E-state index in [-0.39, 0.29) is 18.1 Å². The first-order chi connectivity index (χ1) is 9.66. The Morgan fingerprint density at radius 3 is 2.05 bits per heavy atom. The third-order valence-electron chi connectivity index (χ3n) is 3.05. The zero-order valence-electron chi connectivity index (χ0n) is 11.4. The Kier molecular flexibility index (Phi) is 4.66. The minimum absolute atomic E-state index is 0.0717. The van der Waals surface area contributed by atoms with Crippen LogP contribution in [0.5, 0.6) is 0 Å². The Labute approximate surface area is 118 Å². The predicted molar refractivity (Wildman–Crippen MR) is 78.2 cm³/mol. The fraction of sp³-hybridized carbons (Fsp3) is 0.176. The highest BCUT2D eigenvalue weighted by Gasteiger charge is 2.18. The van der Waals surface area contributed by atoms with Crippen molar-refractivity contribution >= 4 is 11.7 Å². The van der Waals surface area contributed by atoms with Crippen LogP contribution in [0.4, 0.5) is 0 Å².